The molecule has 1 amide bonds. The molecular formula is C18H33N2O2+. The van der Waals surface area contributed by atoms with E-state index in [1.807, 2.05) is 11.8 Å². The topological polar surface area (TPSA) is 29.5 Å². The van der Waals surface area contributed by atoms with E-state index in [1.54, 1.807) is 0 Å². The lowest BCUT2D eigenvalue weighted by Crippen LogP contribution is -2.61. The second-order valence-corrected chi connectivity index (χ2v) is 6.33. The van der Waals surface area contributed by atoms with Gasteiger partial charge >= 0.3 is 6.09 Å². The van der Waals surface area contributed by atoms with Crippen LogP contribution in [0.15, 0.2) is 0 Å². The Morgan fingerprint density at radius 1 is 1.14 bits per heavy atom. The van der Waals surface area contributed by atoms with E-state index < -0.39 is 0 Å². The summed E-state index contributed by atoms with van der Waals surface area (Å²) in [6, 6.07) is 0. The highest BCUT2D eigenvalue weighted by Gasteiger charge is 2.33. The molecule has 1 rings (SSSR count). The molecule has 0 aromatic heterocycles. The van der Waals surface area contributed by atoms with Crippen molar-refractivity contribution in [1.82, 2.24) is 4.90 Å². The number of hydrogen-bond donors (Lipinski definition) is 0. The number of nitrogens with zero attached hydrogens (tertiary/aromatic N) is 2. The maximum Gasteiger partial charge on any atom is 0.410 e. The van der Waals surface area contributed by atoms with Crippen LogP contribution in [0, 0.1) is 12.3 Å². The maximum atomic E-state index is 11.8. The number of piperazine rings is 1. The molecule has 126 valence electrons. The van der Waals surface area contributed by atoms with Gasteiger partial charge in [-0.3, -0.25) is 4.90 Å². The van der Waals surface area contributed by atoms with Crippen molar-refractivity contribution in [2.75, 3.05) is 45.9 Å². The average Bonchev–Trinajstić information content (AvgIpc) is 2.52. The fourth-order valence-corrected chi connectivity index (χ4v) is 3.17. The van der Waals surface area contributed by atoms with Crippen LogP contribution in [0.25, 0.3) is 0 Å². The summed E-state index contributed by atoms with van der Waals surface area (Å²) in [6.45, 7) is 9.90. The largest absolute Gasteiger partial charge is 0.450 e. The molecule has 1 aliphatic rings. The molecule has 0 aliphatic carbocycles. The van der Waals surface area contributed by atoms with Crippen molar-refractivity contribution in [3.8, 4) is 12.3 Å². The number of ether oxygens (including phenoxy) is 1. The predicted octanol–water partition coefficient (Wildman–Crippen LogP) is 3.27. The van der Waals surface area contributed by atoms with Crippen LogP contribution < -0.4 is 0 Å². The lowest BCUT2D eigenvalue weighted by atomic mass is 10.1. The summed E-state index contributed by atoms with van der Waals surface area (Å²) < 4.78 is 6.06. The lowest BCUT2D eigenvalue weighted by Gasteiger charge is -2.43. The van der Waals surface area contributed by atoms with Crippen LogP contribution in [0.4, 0.5) is 4.79 Å². The van der Waals surface area contributed by atoms with Crippen LogP contribution in [-0.4, -0.2) is 61.4 Å². The molecular weight excluding hydrogens is 276 g/mol. The van der Waals surface area contributed by atoms with E-state index in [0.29, 0.717) is 6.61 Å². The maximum absolute atomic E-state index is 11.8. The Balaban J connectivity index is 2.36. The molecule has 0 radical (unpaired) electrons. The summed E-state index contributed by atoms with van der Waals surface area (Å²) in [5, 5.41) is 0. The minimum absolute atomic E-state index is 0.180. The molecule has 0 saturated carbocycles. The van der Waals surface area contributed by atoms with Crippen molar-refractivity contribution in [2.45, 2.75) is 52.4 Å². The van der Waals surface area contributed by atoms with Gasteiger partial charge in [0, 0.05) is 0 Å². The van der Waals surface area contributed by atoms with Crippen molar-refractivity contribution in [3.63, 3.8) is 0 Å². The Bertz CT molecular complexity index is 355. The number of carbonyl (C=O) groups is 1. The highest BCUT2D eigenvalue weighted by atomic mass is 16.6. The van der Waals surface area contributed by atoms with E-state index in [4.69, 9.17) is 11.2 Å². The van der Waals surface area contributed by atoms with Gasteiger partial charge in [-0.25, -0.2) is 4.79 Å². The predicted molar refractivity (Wildman–Crippen MR) is 90.5 cm³/mol. The fourth-order valence-electron chi connectivity index (χ4n) is 3.17. The first kappa shape index (κ1) is 18.8. The van der Waals surface area contributed by atoms with E-state index in [1.165, 1.54) is 38.5 Å². The smallest absolute Gasteiger partial charge is 0.410 e. The highest BCUT2D eigenvalue weighted by molar-refractivity contribution is 5.67. The van der Waals surface area contributed by atoms with Gasteiger partial charge in [0.25, 0.3) is 0 Å². The third-order valence-corrected chi connectivity index (χ3v) is 4.63. The Morgan fingerprint density at radius 3 is 2.36 bits per heavy atom. The minimum atomic E-state index is -0.180. The fraction of sp³-hybridized carbons (Fsp3) is 0.833. The molecule has 1 heterocycles. The summed E-state index contributed by atoms with van der Waals surface area (Å²) in [4.78, 5) is 13.6. The van der Waals surface area contributed by atoms with E-state index in [0.717, 1.165) is 43.8 Å². The van der Waals surface area contributed by atoms with Crippen molar-refractivity contribution >= 4 is 6.09 Å². The van der Waals surface area contributed by atoms with Crippen molar-refractivity contribution in [3.05, 3.63) is 0 Å². The zero-order chi connectivity index (χ0) is 16.3. The molecule has 0 aromatic rings. The number of amides is 1. The molecule has 4 heteroatoms. The van der Waals surface area contributed by atoms with E-state index >= 15 is 0 Å². The number of rotatable bonds is 9. The van der Waals surface area contributed by atoms with Gasteiger partial charge in [0.15, 0.2) is 0 Å². The molecule has 0 aromatic carbocycles. The zero-order valence-corrected chi connectivity index (χ0v) is 14.5. The standard InChI is InChI=1S/C18H33N2O2/c1-4-7-8-9-10-11-15-20(14-5-2)16-12-19(13-17-20)18(21)22-6-3/h2H,4,6-17H2,1,3H3/q+1. The normalized spacial score (nSPS) is 17.0. The third-order valence-electron chi connectivity index (χ3n) is 4.63. The van der Waals surface area contributed by atoms with Crippen LogP contribution in [0.3, 0.4) is 0 Å². The Hall–Kier alpha value is -1.21. The molecule has 1 fully saturated rings. The summed E-state index contributed by atoms with van der Waals surface area (Å²) in [5.74, 6) is 2.85. The number of hydrogen-bond acceptors (Lipinski definition) is 2. The van der Waals surface area contributed by atoms with Gasteiger partial charge in [-0.2, -0.15) is 0 Å². The van der Waals surface area contributed by atoms with Gasteiger partial charge < -0.3 is 9.22 Å². The second-order valence-electron chi connectivity index (χ2n) is 6.33. The molecule has 0 unspecified atom stereocenters. The van der Waals surface area contributed by atoms with Crippen LogP contribution in [0.5, 0.6) is 0 Å². The van der Waals surface area contributed by atoms with E-state index in [-0.39, 0.29) is 6.09 Å². The van der Waals surface area contributed by atoms with Crippen LogP contribution in [-0.2, 0) is 4.74 Å². The van der Waals surface area contributed by atoms with Crippen molar-refractivity contribution in [2.24, 2.45) is 0 Å². The van der Waals surface area contributed by atoms with Gasteiger partial charge in [-0.1, -0.05) is 32.6 Å². The quantitative estimate of drug-likeness (QED) is 0.372. The summed E-state index contributed by atoms with van der Waals surface area (Å²) in [6.07, 6.45) is 13.3. The molecule has 0 N–H and O–H groups in total. The molecule has 0 spiro atoms. The van der Waals surface area contributed by atoms with Gasteiger partial charge in [-0.05, 0) is 25.7 Å². The van der Waals surface area contributed by atoms with Crippen molar-refractivity contribution < 1.29 is 14.0 Å². The first-order chi connectivity index (χ1) is 10.7. The molecule has 4 nitrogen and oxygen atoms in total. The minimum Gasteiger partial charge on any atom is -0.450 e. The Kier molecular flexibility index (Phi) is 9.00. The van der Waals surface area contributed by atoms with Gasteiger partial charge in [0.2, 0.25) is 0 Å². The monoisotopic (exact) mass is 309 g/mol. The third kappa shape index (κ3) is 6.27. The molecule has 1 aliphatic heterocycles. The van der Waals surface area contributed by atoms with E-state index in [9.17, 15) is 4.79 Å². The number of terminal acetylenes is 1. The van der Waals surface area contributed by atoms with E-state index in [2.05, 4.69) is 12.8 Å². The van der Waals surface area contributed by atoms with Gasteiger partial charge in [0.1, 0.15) is 6.54 Å². The van der Waals surface area contributed by atoms with Crippen LogP contribution in [0.2, 0.25) is 0 Å². The Labute approximate surface area is 136 Å². The summed E-state index contributed by atoms with van der Waals surface area (Å²) in [7, 11) is 0. The summed E-state index contributed by atoms with van der Waals surface area (Å²) >= 11 is 0. The first-order valence-corrected chi connectivity index (χ1v) is 8.87. The molecule has 0 atom stereocenters. The molecule has 0 bridgehead atoms. The molecule has 22 heavy (non-hydrogen) atoms. The Morgan fingerprint density at radius 2 is 1.77 bits per heavy atom. The number of quaternary nitrogens is 1. The first-order valence-electron chi connectivity index (χ1n) is 8.87. The summed E-state index contributed by atoms with van der Waals surface area (Å²) in [5.41, 5.74) is 0. The van der Waals surface area contributed by atoms with Gasteiger partial charge in [-0.15, -0.1) is 6.42 Å². The average molecular weight is 309 g/mol. The lowest BCUT2D eigenvalue weighted by molar-refractivity contribution is -0.925. The second kappa shape index (κ2) is 10.5. The van der Waals surface area contributed by atoms with Crippen molar-refractivity contribution in [1.29, 1.82) is 0 Å². The zero-order valence-electron chi connectivity index (χ0n) is 14.5. The number of carbonyl (C=O) groups excluding carboxylic acids is 1. The van der Waals surface area contributed by atoms with Gasteiger partial charge in [0.05, 0.1) is 39.3 Å². The number of unbranched alkanes of at least 4 members (excludes halogenated alkanes) is 5. The van der Waals surface area contributed by atoms with Crippen LogP contribution in [0.1, 0.15) is 52.4 Å². The molecule has 1 saturated heterocycles. The highest BCUT2D eigenvalue weighted by Crippen LogP contribution is 2.16. The van der Waals surface area contributed by atoms with Crippen LogP contribution >= 0.6 is 0 Å². The SMILES string of the molecule is C#CC[N+]1(CCCCCCCC)CCN(C(=O)OCC)CC1.